The van der Waals surface area contributed by atoms with Gasteiger partial charge in [0.15, 0.2) is 5.11 Å². The molecule has 1 unspecified atom stereocenters. The van der Waals surface area contributed by atoms with Gasteiger partial charge in [0.2, 0.25) is 15.9 Å². The lowest BCUT2D eigenvalue weighted by atomic mass is 9.99. The molecule has 8 nitrogen and oxygen atoms in total. The summed E-state index contributed by atoms with van der Waals surface area (Å²) in [5, 5.41) is 3.14. The Morgan fingerprint density at radius 1 is 1.43 bits per heavy atom. The number of rotatable bonds is 5. The van der Waals surface area contributed by atoms with E-state index in [9.17, 15) is 13.2 Å². The first-order valence-corrected chi connectivity index (χ1v) is 8.88. The Kier molecular flexibility index (Phi) is 7.29. The van der Waals surface area contributed by atoms with Crippen molar-refractivity contribution < 1.29 is 17.9 Å². The van der Waals surface area contributed by atoms with Crippen molar-refractivity contribution in [2.75, 3.05) is 39.6 Å². The fourth-order valence-electron chi connectivity index (χ4n) is 1.99. The van der Waals surface area contributed by atoms with E-state index in [4.69, 9.17) is 17.0 Å². The van der Waals surface area contributed by atoms with E-state index in [1.54, 1.807) is 7.11 Å². The van der Waals surface area contributed by atoms with Gasteiger partial charge in [-0.15, -0.1) is 0 Å². The van der Waals surface area contributed by atoms with E-state index in [0.29, 0.717) is 32.5 Å². The van der Waals surface area contributed by atoms with E-state index in [-0.39, 0.29) is 23.5 Å². The molecule has 0 aromatic heterocycles. The predicted molar refractivity (Wildman–Crippen MR) is 82.9 cm³/mol. The maximum atomic E-state index is 12.0. The van der Waals surface area contributed by atoms with Crippen molar-refractivity contribution in [3.63, 3.8) is 0 Å². The number of hydrazine groups is 1. The maximum Gasteiger partial charge on any atom is 0.242 e. The minimum absolute atomic E-state index is 0.205. The topological polar surface area (TPSA) is 99.8 Å². The third-order valence-corrected chi connectivity index (χ3v) is 4.63. The van der Waals surface area contributed by atoms with E-state index in [0.717, 1.165) is 6.26 Å². The molecule has 3 N–H and O–H groups in total. The summed E-state index contributed by atoms with van der Waals surface area (Å²) in [6, 6.07) is 0. The van der Waals surface area contributed by atoms with Crippen molar-refractivity contribution >= 4 is 33.3 Å². The number of carbonyl (C=O) groups excluding carboxylic acids is 1. The highest BCUT2D eigenvalue weighted by atomic mass is 32.2. The molecular formula is C11H22N4O4S2. The monoisotopic (exact) mass is 338 g/mol. The van der Waals surface area contributed by atoms with Crippen molar-refractivity contribution in [3.8, 4) is 0 Å². The minimum Gasteiger partial charge on any atom is -0.383 e. The molecule has 1 fully saturated rings. The Morgan fingerprint density at radius 2 is 2.14 bits per heavy atom. The summed E-state index contributed by atoms with van der Waals surface area (Å²) in [5.74, 6) is -0.637. The van der Waals surface area contributed by atoms with Crippen molar-refractivity contribution in [3.05, 3.63) is 0 Å². The molecule has 0 aromatic rings. The van der Waals surface area contributed by atoms with Gasteiger partial charge in [0.05, 0.1) is 18.8 Å². The first-order chi connectivity index (χ1) is 9.84. The fraction of sp³-hybridized carbons (Fsp3) is 0.818. The molecule has 21 heavy (non-hydrogen) atoms. The third kappa shape index (κ3) is 6.55. The van der Waals surface area contributed by atoms with Gasteiger partial charge in [-0.25, -0.2) is 12.7 Å². The molecule has 1 aliphatic rings. The number of nitrogens with one attached hydrogen (secondary N) is 3. The van der Waals surface area contributed by atoms with Crippen LogP contribution in [0.15, 0.2) is 0 Å². The van der Waals surface area contributed by atoms with Crippen LogP contribution in [0.5, 0.6) is 0 Å². The third-order valence-electron chi connectivity index (χ3n) is 3.11. The number of hydrogen-bond acceptors (Lipinski definition) is 5. The van der Waals surface area contributed by atoms with E-state index >= 15 is 0 Å². The van der Waals surface area contributed by atoms with Gasteiger partial charge in [-0.05, 0) is 25.1 Å². The molecule has 1 saturated heterocycles. The molecule has 1 aliphatic heterocycles. The molecule has 1 amide bonds. The van der Waals surface area contributed by atoms with Crippen LogP contribution >= 0.6 is 12.2 Å². The number of piperidine rings is 1. The summed E-state index contributed by atoms with van der Waals surface area (Å²) in [6.45, 7) is 1.70. The molecule has 1 rings (SSSR count). The highest BCUT2D eigenvalue weighted by Crippen LogP contribution is 2.18. The van der Waals surface area contributed by atoms with Gasteiger partial charge in [0.25, 0.3) is 0 Å². The van der Waals surface area contributed by atoms with Gasteiger partial charge in [-0.1, -0.05) is 0 Å². The number of thiocarbonyl (C=S) groups is 1. The molecule has 0 saturated carbocycles. The van der Waals surface area contributed by atoms with Crippen LogP contribution in [0.3, 0.4) is 0 Å². The molecule has 1 atom stereocenters. The number of hydrogen-bond donors (Lipinski definition) is 3. The highest BCUT2D eigenvalue weighted by Gasteiger charge is 2.30. The Morgan fingerprint density at radius 3 is 2.76 bits per heavy atom. The summed E-state index contributed by atoms with van der Waals surface area (Å²) in [7, 11) is -1.68. The Bertz CT molecular complexity index is 469. The summed E-state index contributed by atoms with van der Waals surface area (Å²) in [4.78, 5) is 12.0. The zero-order valence-electron chi connectivity index (χ0n) is 12.2. The van der Waals surface area contributed by atoms with Gasteiger partial charge in [-0.2, -0.15) is 0 Å². The minimum atomic E-state index is -3.26. The van der Waals surface area contributed by atoms with Crippen LogP contribution in [0.25, 0.3) is 0 Å². The lowest BCUT2D eigenvalue weighted by Gasteiger charge is -2.30. The molecule has 0 radical (unpaired) electrons. The molecule has 0 aliphatic carbocycles. The molecule has 122 valence electrons. The van der Waals surface area contributed by atoms with Crippen LogP contribution in [0.4, 0.5) is 0 Å². The lowest BCUT2D eigenvalue weighted by Crippen LogP contribution is -2.52. The number of carbonyl (C=O) groups is 1. The Hall–Kier alpha value is -0.970. The lowest BCUT2D eigenvalue weighted by molar-refractivity contribution is -0.126. The fourth-order valence-corrected chi connectivity index (χ4v) is 3.05. The second kappa shape index (κ2) is 8.47. The van der Waals surface area contributed by atoms with Crippen LogP contribution in [0.1, 0.15) is 12.8 Å². The van der Waals surface area contributed by atoms with Gasteiger partial charge in [0, 0.05) is 26.7 Å². The molecule has 1 heterocycles. The molecule has 10 heteroatoms. The average molecular weight is 338 g/mol. The maximum absolute atomic E-state index is 12.0. The summed E-state index contributed by atoms with van der Waals surface area (Å²) in [5.41, 5.74) is 5.09. The van der Waals surface area contributed by atoms with Crippen molar-refractivity contribution in [2.45, 2.75) is 12.8 Å². The number of amides is 1. The van der Waals surface area contributed by atoms with Gasteiger partial charge >= 0.3 is 0 Å². The van der Waals surface area contributed by atoms with Crippen LogP contribution < -0.4 is 16.2 Å². The van der Waals surface area contributed by atoms with E-state index in [1.807, 2.05) is 0 Å². The molecule has 0 spiro atoms. The number of ether oxygens (including phenoxy) is 1. The van der Waals surface area contributed by atoms with Gasteiger partial charge < -0.3 is 10.1 Å². The Labute approximate surface area is 130 Å². The van der Waals surface area contributed by atoms with Crippen molar-refractivity contribution in [1.29, 1.82) is 0 Å². The Balaban J connectivity index is 2.36. The first-order valence-electron chi connectivity index (χ1n) is 6.62. The van der Waals surface area contributed by atoms with Gasteiger partial charge in [-0.3, -0.25) is 15.6 Å². The second-order valence-electron chi connectivity index (χ2n) is 4.82. The summed E-state index contributed by atoms with van der Waals surface area (Å²) in [6.07, 6.45) is 2.48. The zero-order valence-corrected chi connectivity index (χ0v) is 13.8. The van der Waals surface area contributed by atoms with Gasteiger partial charge in [0.1, 0.15) is 0 Å². The SMILES string of the molecule is COCCNC(=S)NNC(=O)C1CCCN(S(C)(=O)=O)C1. The number of sulfonamides is 1. The standard InChI is InChI=1S/C11H22N4O4S2/c1-19-7-5-12-11(20)14-13-10(16)9-4-3-6-15(8-9)21(2,17)18/h9H,3-8H2,1-2H3,(H,13,16)(H2,12,14,20). The van der Waals surface area contributed by atoms with Crippen LogP contribution in [0.2, 0.25) is 0 Å². The molecular weight excluding hydrogens is 316 g/mol. The summed E-state index contributed by atoms with van der Waals surface area (Å²) < 4.78 is 29.2. The molecule has 0 bridgehead atoms. The first kappa shape index (κ1) is 18.1. The number of nitrogens with zero attached hydrogens (tertiary/aromatic N) is 1. The quantitative estimate of drug-likeness (QED) is 0.329. The van der Waals surface area contributed by atoms with Crippen molar-refractivity contribution in [2.24, 2.45) is 5.92 Å². The predicted octanol–water partition coefficient (Wildman–Crippen LogP) is -1.20. The van der Waals surface area contributed by atoms with Crippen molar-refractivity contribution in [1.82, 2.24) is 20.5 Å². The normalized spacial score (nSPS) is 19.8. The van der Waals surface area contributed by atoms with Crippen LogP contribution in [-0.2, 0) is 19.6 Å². The largest absolute Gasteiger partial charge is 0.383 e. The zero-order chi connectivity index (χ0) is 15.9. The van der Waals surface area contributed by atoms with Crippen LogP contribution in [0, 0.1) is 5.92 Å². The number of methoxy groups -OCH3 is 1. The average Bonchev–Trinajstić information content (AvgIpc) is 2.44. The van der Waals surface area contributed by atoms with Crippen LogP contribution in [-0.4, -0.2) is 63.3 Å². The van der Waals surface area contributed by atoms with E-state index in [2.05, 4.69) is 16.2 Å². The highest BCUT2D eigenvalue weighted by molar-refractivity contribution is 7.88. The second-order valence-corrected chi connectivity index (χ2v) is 7.21. The van der Waals surface area contributed by atoms with E-state index in [1.165, 1.54) is 4.31 Å². The molecule has 0 aromatic carbocycles. The van der Waals surface area contributed by atoms with E-state index < -0.39 is 10.0 Å². The smallest absolute Gasteiger partial charge is 0.242 e. The summed E-state index contributed by atoms with van der Waals surface area (Å²) >= 11 is 4.97.